The SMILES string of the molecule is C[C@H](NCc1ccc(CN2CCCC2=O)cc1)c1cc(F)ccc1F. The van der Waals surface area contributed by atoms with Gasteiger partial charge in [0.05, 0.1) is 0 Å². The van der Waals surface area contributed by atoms with Gasteiger partial charge in [0.15, 0.2) is 0 Å². The molecule has 3 nitrogen and oxygen atoms in total. The zero-order valence-corrected chi connectivity index (χ0v) is 14.3. The van der Waals surface area contributed by atoms with Crippen molar-refractivity contribution in [2.45, 2.75) is 38.9 Å². The molecule has 1 atom stereocenters. The van der Waals surface area contributed by atoms with Crippen LogP contribution in [0, 0.1) is 11.6 Å². The molecule has 1 amide bonds. The van der Waals surface area contributed by atoms with E-state index in [9.17, 15) is 13.6 Å². The van der Waals surface area contributed by atoms with Crippen LogP contribution in [-0.4, -0.2) is 17.4 Å². The van der Waals surface area contributed by atoms with Crippen LogP contribution >= 0.6 is 0 Å². The van der Waals surface area contributed by atoms with Crippen LogP contribution in [0.25, 0.3) is 0 Å². The van der Waals surface area contributed by atoms with Crippen LogP contribution in [0.4, 0.5) is 8.78 Å². The number of nitrogens with one attached hydrogen (secondary N) is 1. The molecule has 0 spiro atoms. The minimum absolute atomic E-state index is 0.219. The van der Waals surface area contributed by atoms with Gasteiger partial charge in [-0.3, -0.25) is 4.79 Å². The fourth-order valence-electron chi connectivity index (χ4n) is 3.08. The first-order valence-corrected chi connectivity index (χ1v) is 8.57. The van der Waals surface area contributed by atoms with E-state index in [4.69, 9.17) is 0 Å². The Morgan fingerprint density at radius 1 is 1.12 bits per heavy atom. The summed E-state index contributed by atoms with van der Waals surface area (Å²) in [6.07, 6.45) is 1.59. The van der Waals surface area contributed by atoms with E-state index in [2.05, 4.69) is 5.32 Å². The van der Waals surface area contributed by atoms with E-state index in [1.807, 2.05) is 36.1 Å². The number of likely N-dealkylation sites (tertiary alicyclic amines) is 1. The Morgan fingerprint density at radius 2 is 1.84 bits per heavy atom. The quantitative estimate of drug-likeness (QED) is 0.861. The molecule has 1 saturated heterocycles. The molecule has 2 aromatic rings. The highest BCUT2D eigenvalue weighted by molar-refractivity contribution is 5.78. The Labute approximate surface area is 146 Å². The predicted octanol–water partition coefficient (Wildman–Crippen LogP) is 3.94. The van der Waals surface area contributed by atoms with Gasteiger partial charge in [0, 0.05) is 37.7 Å². The minimum Gasteiger partial charge on any atom is -0.338 e. The molecular formula is C20H22F2N2O. The number of amides is 1. The van der Waals surface area contributed by atoms with Crippen LogP contribution in [0.3, 0.4) is 0 Å². The summed E-state index contributed by atoms with van der Waals surface area (Å²) in [4.78, 5) is 13.5. The molecule has 1 N–H and O–H groups in total. The van der Waals surface area contributed by atoms with E-state index >= 15 is 0 Å². The van der Waals surface area contributed by atoms with Gasteiger partial charge in [0.2, 0.25) is 5.91 Å². The van der Waals surface area contributed by atoms with Gasteiger partial charge >= 0.3 is 0 Å². The third-order valence-electron chi connectivity index (χ3n) is 4.60. The molecule has 1 aliphatic heterocycles. The van der Waals surface area contributed by atoms with Crippen LogP contribution in [0.15, 0.2) is 42.5 Å². The second kappa shape index (κ2) is 7.74. The molecule has 0 aliphatic carbocycles. The zero-order valence-electron chi connectivity index (χ0n) is 14.3. The first-order chi connectivity index (χ1) is 12.0. The summed E-state index contributed by atoms with van der Waals surface area (Å²) in [5, 5.41) is 3.21. The van der Waals surface area contributed by atoms with Crippen LogP contribution < -0.4 is 5.32 Å². The first kappa shape index (κ1) is 17.5. The van der Waals surface area contributed by atoms with Gasteiger partial charge in [-0.1, -0.05) is 24.3 Å². The van der Waals surface area contributed by atoms with E-state index in [0.717, 1.165) is 36.2 Å². The topological polar surface area (TPSA) is 32.3 Å². The number of halogens is 2. The standard InChI is InChI=1S/C20H22F2N2O/c1-14(18-11-17(21)8-9-19(18)22)23-12-15-4-6-16(7-5-15)13-24-10-2-3-20(24)25/h4-9,11,14,23H,2-3,10,12-13H2,1H3/t14-/m0/s1. The summed E-state index contributed by atoms with van der Waals surface area (Å²) in [5.41, 5.74) is 2.48. The van der Waals surface area contributed by atoms with Crippen molar-refractivity contribution in [2.24, 2.45) is 0 Å². The molecular weight excluding hydrogens is 322 g/mol. The molecule has 1 heterocycles. The molecule has 0 saturated carbocycles. The summed E-state index contributed by atoms with van der Waals surface area (Å²) in [5.74, 6) is -0.630. The maximum atomic E-state index is 13.8. The lowest BCUT2D eigenvalue weighted by molar-refractivity contribution is -0.128. The van der Waals surface area contributed by atoms with E-state index in [0.29, 0.717) is 25.1 Å². The molecule has 1 aliphatic rings. The monoisotopic (exact) mass is 344 g/mol. The highest BCUT2D eigenvalue weighted by Gasteiger charge is 2.19. The maximum absolute atomic E-state index is 13.8. The van der Waals surface area contributed by atoms with Crippen molar-refractivity contribution < 1.29 is 13.6 Å². The molecule has 0 bridgehead atoms. The van der Waals surface area contributed by atoms with Crippen molar-refractivity contribution in [1.29, 1.82) is 0 Å². The average Bonchev–Trinajstić information content (AvgIpc) is 3.01. The third kappa shape index (κ3) is 4.42. The second-order valence-electron chi connectivity index (χ2n) is 6.50. The molecule has 3 rings (SSSR count). The van der Waals surface area contributed by atoms with Crippen LogP contribution in [0.1, 0.15) is 42.5 Å². The Hall–Kier alpha value is -2.27. The highest BCUT2D eigenvalue weighted by Crippen LogP contribution is 2.19. The van der Waals surface area contributed by atoms with Crippen LogP contribution in [0.2, 0.25) is 0 Å². The largest absolute Gasteiger partial charge is 0.338 e. The van der Waals surface area contributed by atoms with Gasteiger partial charge in [-0.05, 0) is 42.7 Å². The van der Waals surface area contributed by atoms with Crippen molar-refractivity contribution in [3.8, 4) is 0 Å². The van der Waals surface area contributed by atoms with E-state index < -0.39 is 11.6 Å². The number of nitrogens with zero attached hydrogens (tertiary/aromatic N) is 1. The highest BCUT2D eigenvalue weighted by atomic mass is 19.1. The van der Waals surface area contributed by atoms with Crippen LogP contribution in [-0.2, 0) is 17.9 Å². The summed E-state index contributed by atoms with van der Waals surface area (Å²) >= 11 is 0. The Balaban J connectivity index is 1.56. The lowest BCUT2D eigenvalue weighted by Gasteiger charge is -2.17. The van der Waals surface area contributed by atoms with Gasteiger partial charge in [-0.2, -0.15) is 0 Å². The smallest absolute Gasteiger partial charge is 0.222 e. The number of benzene rings is 2. The Morgan fingerprint density at radius 3 is 2.52 bits per heavy atom. The second-order valence-corrected chi connectivity index (χ2v) is 6.50. The number of carbonyl (C=O) groups excluding carboxylic acids is 1. The molecule has 132 valence electrons. The third-order valence-corrected chi connectivity index (χ3v) is 4.60. The van der Waals surface area contributed by atoms with Crippen LogP contribution in [0.5, 0.6) is 0 Å². The zero-order chi connectivity index (χ0) is 17.8. The van der Waals surface area contributed by atoms with Crippen molar-refractivity contribution >= 4 is 5.91 Å². The Bertz CT molecular complexity index is 746. The van der Waals surface area contributed by atoms with Gasteiger partial charge < -0.3 is 10.2 Å². The van der Waals surface area contributed by atoms with Gasteiger partial charge in [0.25, 0.3) is 0 Å². The lowest BCUT2D eigenvalue weighted by atomic mass is 10.1. The Kier molecular flexibility index (Phi) is 5.43. The fraction of sp³-hybridized carbons (Fsp3) is 0.350. The van der Waals surface area contributed by atoms with Crippen molar-refractivity contribution in [1.82, 2.24) is 10.2 Å². The molecule has 0 unspecified atom stereocenters. The normalized spacial score (nSPS) is 15.6. The van der Waals surface area contributed by atoms with Crippen molar-refractivity contribution in [3.63, 3.8) is 0 Å². The number of carbonyl (C=O) groups is 1. The fourth-order valence-corrected chi connectivity index (χ4v) is 3.08. The summed E-state index contributed by atoms with van der Waals surface area (Å²) in [7, 11) is 0. The van der Waals surface area contributed by atoms with Crippen molar-refractivity contribution in [2.75, 3.05) is 6.54 Å². The van der Waals surface area contributed by atoms with Crippen molar-refractivity contribution in [3.05, 3.63) is 70.8 Å². The molecule has 0 aromatic heterocycles. The predicted molar refractivity (Wildman–Crippen MR) is 92.7 cm³/mol. The lowest BCUT2D eigenvalue weighted by Crippen LogP contribution is -2.23. The number of rotatable bonds is 6. The minimum atomic E-state index is -0.439. The number of hydrogen-bond donors (Lipinski definition) is 1. The van der Waals surface area contributed by atoms with E-state index in [1.54, 1.807) is 0 Å². The molecule has 25 heavy (non-hydrogen) atoms. The molecule has 1 fully saturated rings. The first-order valence-electron chi connectivity index (χ1n) is 8.57. The average molecular weight is 344 g/mol. The summed E-state index contributed by atoms with van der Waals surface area (Å²) < 4.78 is 27.1. The maximum Gasteiger partial charge on any atom is 0.222 e. The molecule has 0 radical (unpaired) electrons. The van der Waals surface area contributed by atoms with E-state index in [-0.39, 0.29) is 11.9 Å². The molecule has 2 aromatic carbocycles. The number of hydrogen-bond acceptors (Lipinski definition) is 2. The van der Waals surface area contributed by atoms with Gasteiger partial charge in [0.1, 0.15) is 11.6 Å². The van der Waals surface area contributed by atoms with E-state index in [1.165, 1.54) is 6.07 Å². The van der Waals surface area contributed by atoms with Gasteiger partial charge in [-0.15, -0.1) is 0 Å². The van der Waals surface area contributed by atoms with Gasteiger partial charge in [-0.25, -0.2) is 8.78 Å². The summed E-state index contributed by atoms with van der Waals surface area (Å²) in [6.45, 7) is 3.85. The summed E-state index contributed by atoms with van der Waals surface area (Å²) in [6, 6.07) is 11.2. The molecule has 5 heteroatoms.